The number of H-pyrrole nitrogens is 1. The molecule has 0 saturated carbocycles. The van der Waals surface area contributed by atoms with Gasteiger partial charge in [0.15, 0.2) is 5.82 Å². The fourth-order valence-corrected chi connectivity index (χ4v) is 1.13. The number of rotatable bonds is 1. The van der Waals surface area contributed by atoms with E-state index in [0.717, 1.165) is 17.2 Å². The lowest BCUT2D eigenvalue weighted by Crippen LogP contribution is -1.92. The highest BCUT2D eigenvalue weighted by atomic mass is 15.0. The molecule has 0 aliphatic carbocycles. The van der Waals surface area contributed by atoms with E-state index < -0.39 is 0 Å². The first-order valence-corrected chi connectivity index (χ1v) is 4.00. The molecule has 3 N–H and O–H groups in total. The van der Waals surface area contributed by atoms with Crippen LogP contribution in [-0.4, -0.2) is 15.0 Å². The van der Waals surface area contributed by atoms with Crippen LogP contribution in [0.4, 0.5) is 5.82 Å². The van der Waals surface area contributed by atoms with E-state index in [-0.39, 0.29) is 0 Å². The maximum Gasteiger partial charge on any atom is 0.156 e. The Morgan fingerprint density at radius 2 is 2.23 bits per heavy atom. The van der Waals surface area contributed by atoms with E-state index in [1.807, 2.05) is 19.1 Å². The standard InChI is InChI=1S/C9H10N4/c1-6-5-11-9(12-6)7-3-2-4-8(10)13-7/h2-5H,1H3,(H2,10,13)(H,11,12). The van der Waals surface area contributed by atoms with Crippen LogP contribution in [0.25, 0.3) is 11.5 Å². The first kappa shape index (κ1) is 7.79. The summed E-state index contributed by atoms with van der Waals surface area (Å²) in [5, 5.41) is 0. The zero-order valence-electron chi connectivity index (χ0n) is 7.28. The van der Waals surface area contributed by atoms with Crippen LogP contribution in [0.15, 0.2) is 24.4 Å². The topological polar surface area (TPSA) is 67.6 Å². The Balaban J connectivity index is 2.46. The summed E-state index contributed by atoms with van der Waals surface area (Å²) in [5.41, 5.74) is 7.33. The Morgan fingerprint density at radius 1 is 1.38 bits per heavy atom. The molecule has 2 rings (SSSR count). The van der Waals surface area contributed by atoms with E-state index in [1.54, 1.807) is 12.3 Å². The van der Waals surface area contributed by atoms with Crippen LogP contribution in [0, 0.1) is 6.92 Å². The van der Waals surface area contributed by atoms with Gasteiger partial charge in [0.1, 0.15) is 11.5 Å². The van der Waals surface area contributed by atoms with Gasteiger partial charge < -0.3 is 10.7 Å². The summed E-state index contributed by atoms with van der Waals surface area (Å²) in [5.74, 6) is 1.26. The maximum absolute atomic E-state index is 5.55. The van der Waals surface area contributed by atoms with Crippen molar-refractivity contribution >= 4 is 5.82 Å². The highest BCUT2D eigenvalue weighted by Gasteiger charge is 2.02. The average molecular weight is 174 g/mol. The Labute approximate surface area is 75.8 Å². The molecule has 4 heteroatoms. The number of anilines is 1. The van der Waals surface area contributed by atoms with Crippen molar-refractivity contribution in [2.75, 3.05) is 5.73 Å². The lowest BCUT2D eigenvalue weighted by Gasteiger charge is -1.96. The number of hydrogen-bond donors (Lipinski definition) is 2. The molecule has 0 radical (unpaired) electrons. The van der Waals surface area contributed by atoms with Gasteiger partial charge in [0, 0.05) is 11.9 Å². The number of nitrogens with zero attached hydrogens (tertiary/aromatic N) is 2. The van der Waals surface area contributed by atoms with Gasteiger partial charge in [-0.05, 0) is 19.1 Å². The van der Waals surface area contributed by atoms with Crippen molar-refractivity contribution in [1.29, 1.82) is 0 Å². The number of pyridine rings is 1. The smallest absolute Gasteiger partial charge is 0.156 e. The minimum absolute atomic E-state index is 0.506. The summed E-state index contributed by atoms with van der Waals surface area (Å²) >= 11 is 0. The molecule has 0 saturated heterocycles. The summed E-state index contributed by atoms with van der Waals surface area (Å²) in [7, 11) is 0. The number of aromatic amines is 1. The molecule has 2 aromatic heterocycles. The van der Waals surface area contributed by atoms with E-state index in [1.165, 1.54) is 0 Å². The quantitative estimate of drug-likeness (QED) is 0.686. The first-order valence-electron chi connectivity index (χ1n) is 4.00. The van der Waals surface area contributed by atoms with Gasteiger partial charge in [-0.3, -0.25) is 0 Å². The Kier molecular flexibility index (Phi) is 1.73. The van der Waals surface area contributed by atoms with Gasteiger partial charge >= 0.3 is 0 Å². The Morgan fingerprint density at radius 3 is 2.85 bits per heavy atom. The summed E-state index contributed by atoms with van der Waals surface area (Å²) in [6.07, 6.45) is 1.76. The summed E-state index contributed by atoms with van der Waals surface area (Å²) in [6, 6.07) is 5.48. The van der Waals surface area contributed by atoms with Crippen molar-refractivity contribution in [1.82, 2.24) is 15.0 Å². The van der Waals surface area contributed by atoms with Crippen LogP contribution in [0.1, 0.15) is 5.69 Å². The van der Waals surface area contributed by atoms with Gasteiger partial charge in [0.25, 0.3) is 0 Å². The van der Waals surface area contributed by atoms with E-state index in [4.69, 9.17) is 5.73 Å². The van der Waals surface area contributed by atoms with E-state index in [9.17, 15) is 0 Å². The average Bonchev–Trinajstić information content (AvgIpc) is 2.52. The zero-order valence-corrected chi connectivity index (χ0v) is 7.28. The van der Waals surface area contributed by atoms with Crippen LogP contribution in [0.2, 0.25) is 0 Å². The lowest BCUT2D eigenvalue weighted by molar-refractivity contribution is 1.21. The monoisotopic (exact) mass is 174 g/mol. The number of aromatic nitrogens is 3. The third-order valence-corrected chi connectivity index (χ3v) is 1.72. The largest absolute Gasteiger partial charge is 0.384 e. The second-order valence-corrected chi connectivity index (χ2v) is 2.86. The van der Waals surface area contributed by atoms with Crippen molar-refractivity contribution in [2.45, 2.75) is 6.92 Å². The molecule has 0 amide bonds. The predicted molar refractivity (Wildman–Crippen MR) is 51.0 cm³/mol. The van der Waals surface area contributed by atoms with Crippen molar-refractivity contribution in [3.8, 4) is 11.5 Å². The molecule has 2 heterocycles. The normalized spacial score (nSPS) is 10.2. The molecule has 2 aromatic rings. The third kappa shape index (κ3) is 1.51. The van der Waals surface area contributed by atoms with E-state index in [2.05, 4.69) is 15.0 Å². The van der Waals surface area contributed by atoms with Crippen LogP contribution in [-0.2, 0) is 0 Å². The molecule has 66 valence electrons. The van der Waals surface area contributed by atoms with E-state index in [0.29, 0.717) is 5.82 Å². The number of imidazole rings is 1. The number of aryl methyl sites for hydroxylation is 1. The van der Waals surface area contributed by atoms with Crippen molar-refractivity contribution in [3.05, 3.63) is 30.1 Å². The van der Waals surface area contributed by atoms with Gasteiger partial charge in [-0.2, -0.15) is 0 Å². The molecule has 0 aromatic carbocycles. The highest BCUT2D eigenvalue weighted by Crippen LogP contribution is 2.13. The second-order valence-electron chi connectivity index (χ2n) is 2.86. The molecule has 4 nitrogen and oxygen atoms in total. The molecular weight excluding hydrogens is 164 g/mol. The number of nitrogens with one attached hydrogen (secondary N) is 1. The molecule has 0 unspecified atom stereocenters. The summed E-state index contributed by atoms with van der Waals surface area (Å²) < 4.78 is 0. The molecule has 0 spiro atoms. The number of hydrogen-bond acceptors (Lipinski definition) is 3. The molecule has 0 bridgehead atoms. The molecule has 0 aliphatic heterocycles. The molecule has 0 aliphatic rings. The second kappa shape index (κ2) is 2.90. The van der Waals surface area contributed by atoms with Gasteiger partial charge in [0.05, 0.1) is 0 Å². The van der Waals surface area contributed by atoms with Gasteiger partial charge in [-0.15, -0.1) is 0 Å². The van der Waals surface area contributed by atoms with Crippen molar-refractivity contribution < 1.29 is 0 Å². The lowest BCUT2D eigenvalue weighted by atomic mass is 10.3. The molecule has 0 fully saturated rings. The SMILES string of the molecule is Cc1cnc(-c2cccc(N)n2)[nH]1. The fourth-order valence-electron chi connectivity index (χ4n) is 1.13. The van der Waals surface area contributed by atoms with Crippen LogP contribution >= 0.6 is 0 Å². The van der Waals surface area contributed by atoms with Gasteiger partial charge in [-0.1, -0.05) is 6.07 Å². The van der Waals surface area contributed by atoms with Gasteiger partial charge in [-0.25, -0.2) is 9.97 Å². The minimum atomic E-state index is 0.506. The van der Waals surface area contributed by atoms with E-state index >= 15 is 0 Å². The number of nitrogens with two attached hydrogens (primary N) is 1. The maximum atomic E-state index is 5.55. The summed E-state index contributed by atoms with van der Waals surface area (Å²) in [6.45, 7) is 1.95. The third-order valence-electron chi connectivity index (χ3n) is 1.72. The summed E-state index contributed by atoms with van der Waals surface area (Å²) in [4.78, 5) is 11.4. The highest BCUT2D eigenvalue weighted by molar-refractivity contribution is 5.52. The first-order chi connectivity index (χ1) is 6.25. The predicted octanol–water partition coefficient (Wildman–Crippen LogP) is 1.36. The van der Waals surface area contributed by atoms with Crippen molar-refractivity contribution in [2.24, 2.45) is 0 Å². The van der Waals surface area contributed by atoms with Crippen LogP contribution in [0.3, 0.4) is 0 Å². The molecule has 0 atom stereocenters. The molecule has 13 heavy (non-hydrogen) atoms. The minimum Gasteiger partial charge on any atom is -0.384 e. The van der Waals surface area contributed by atoms with Crippen molar-refractivity contribution in [3.63, 3.8) is 0 Å². The Bertz CT molecular complexity index is 419. The fraction of sp³-hybridized carbons (Fsp3) is 0.111. The number of nitrogen functional groups attached to an aromatic ring is 1. The molecular formula is C9H10N4. The van der Waals surface area contributed by atoms with Crippen LogP contribution in [0.5, 0.6) is 0 Å². The zero-order chi connectivity index (χ0) is 9.26. The van der Waals surface area contributed by atoms with Crippen LogP contribution < -0.4 is 5.73 Å². The Hall–Kier alpha value is -1.84. The van der Waals surface area contributed by atoms with Gasteiger partial charge in [0.2, 0.25) is 0 Å².